The SMILES string of the molecule is CN=C(NCC1CCOCC1)NCC(C)N1CCc2sccc2C1. The molecular formula is C18H30N4OS. The number of thiophene rings is 1. The molecule has 1 atom stereocenters. The molecule has 1 saturated heterocycles. The average Bonchev–Trinajstić information content (AvgIpc) is 3.10. The first-order valence-corrected chi connectivity index (χ1v) is 9.95. The summed E-state index contributed by atoms with van der Waals surface area (Å²) in [6.45, 7) is 8.24. The van der Waals surface area contributed by atoms with Crippen LogP contribution in [0.5, 0.6) is 0 Å². The van der Waals surface area contributed by atoms with Gasteiger partial charge in [0.25, 0.3) is 0 Å². The highest BCUT2D eigenvalue weighted by Gasteiger charge is 2.21. The molecule has 0 spiro atoms. The van der Waals surface area contributed by atoms with E-state index in [0.717, 1.165) is 58.2 Å². The number of aliphatic imine (C=N–C) groups is 1. The van der Waals surface area contributed by atoms with Crippen molar-refractivity contribution in [2.24, 2.45) is 10.9 Å². The normalized spacial score (nSPS) is 21.3. The number of ether oxygens (including phenoxy) is 1. The van der Waals surface area contributed by atoms with E-state index in [0.29, 0.717) is 12.0 Å². The Kier molecular flexibility index (Phi) is 6.51. The second-order valence-corrected chi connectivity index (χ2v) is 7.83. The minimum atomic E-state index is 0.500. The van der Waals surface area contributed by atoms with Gasteiger partial charge in [-0.3, -0.25) is 9.89 Å². The van der Waals surface area contributed by atoms with Crippen LogP contribution in [0.1, 0.15) is 30.2 Å². The second-order valence-electron chi connectivity index (χ2n) is 6.83. The van der Waals surface area contributed by atoms with Gasteiger partial charge in [-0.1, -0.05) is 0 Å². The lowest BCUT2D eigenvalue weighted by molar-refractivity contribution is 0.0675. The maximum Gasteiger partial charge on any atom is 0.191 e. The average molecular weight is 351 g/mol. The Bertz CT molecular complexity index is 539. The summed E-state index contributed by atoms with van der Waals surface area (Å²) in [5.41, 5.74) is 1.51. The van der Waals surface area contributed by atoms with Gasteiger partial charge in [0.2, 0.25) is 0 Å². The van der Waals surface area contributed by atoms with Gasteiger partial charge in [-0.25, -0.2) is 0 Å². The third-order valence-electron chi connectivity index (χ3n) is 5.15. The zero-order valence-electron chi connectivity index (χ0n) is 14.9. The molecule has 3 rings (SSSR count). The fourth-order valence-electron chi connectivity index (χ4n) is 3.43. The molecule has 1 unspecified atom stereocenters. The van der Waals surface area contributed by atoms with Crippen molar-refractivity contribution in [1.29, 1.82) is 0 Å². The van der Waals surface area contributed by atoms with Gasteiger partial charge in [-0.05, 0) is 49.1 Å². The predicted octanol–water partition coefficient (Wildman–Crippen LogP) is 2.09. The van der Waals surface area contributed by atoms with E-state index >= 15 is 0 Å². The first-order valence-electron chi connectivity index (χ1n) is 9.08. The van der Waals surface area contributed by atoms with Crippen molar-refractivity contribution in [2.45, 2.75) is 38.8 Å². The van der Waals surface area contributed by atoms with Crippen LogP contribution in [0.3, 0.4) is 0 Å². The van der Waals surface area contributed by atoms with Crippen LogP contribution < -0.4 is 10.6 Å². The lowest BCUT2D eigenvalue weighted by Gasteiger charge is -2.33. The van der Waals surface area contributed by atoms with Crippen molar-refractivity contribution < 1.29 is 4.74 Å². The molecule has 24 heavy (non-hydrogen) atoms. The van der Waals surface area contributed by atoms with Gasteiger partial charge < -0.3 is 15.4 Å². The highest BCUT2D eigenvalue weighted by atomic mass is 32.1. The summed E-state index contributed by atoms with van der Waals surface area (Å²) < 4.78 is 5.42. The molecule has 3 heterocycles. The minimum Gasteiger partial charge on any atom is -0.381 e. The van der Waals surface area contributed by atoms with Crippen molar-refractivity contribution in [3.8, 4) is 0 Å². The van der Waals surface area contributed by atoms with Crippen LogP contribution in [-0.2, 0) is 17.7 Å². The molecule has 5 nitrogen and oxygen atoms in total. The summed E-state index contributed by atoms with van der Waals surface area (Å²) in [7, 11) is 1.85. The first-order chi connectivity index (χ1) is 11.8. The number of nitrogens with one attached hydrogen (secondary N) is 2. The molecular weight excluding hydrogens is 320 g/mol. The van der Waals surface area contributed by atoms with E-state index < -0.39 is 0 Å². The topological polar surface area (TPSA) is 48.9 Å². The smallest absolute Gasteiger partial charge is 0.191 e. The van der Waals surface area contributed by atoms with Gasteiger partial charge in [-0.15, -0.1) is 11.3 Å². The van der Waals surface area contributed by atoms with Crippen molar-refractivity contribution in [2.75, 3.05) is 39.9 Å². The molecule has 2 aliphatic heterocycles. The maximum atomic E-state index is 5.42. The van der Waals surface area contributed by atoms with E-state index in [9.17, 15) is 0 Å². The van der Waals surface area contributed by atoms with E-state index in [1.165, 1.54) is 12.0 Å². The summed E-state index contributed by atoms with van der Waals surface area (Å²) in [5.74, 6) is 1.62. The molecule has 1 fully saturated rings. The largest absolute Gasteiger partial charge is 0.381 e. The minimum absolute atomic E-state index is 0.500. The molecule has 0 aliphatic carbocycles. The standard InChI is InChI=1S/C18H30N4OS/c1-14(22-7-3-17-16(13-22)6-10-24-17)11-20-18(19-2)21-12-15-4-8-23-9-5-15/h6,10,14-15H,3-5,7-9,11-13H2,1-2H3,(H2,19,20,21). The maximum absolute atomic E-state index is 5.42. The number of fused-ring (bicyclic) bond motifs is 1. The Morgan fingerprint density at radius 3 is 3.04 bits per heavy atom. The van der Waals surface area contributed by atoms with Crippen LogP contribution >= 0.6 is 11.3 Å². The Labute approximate surface area is 149 Å². The van der Waals surface area contributed by atoms with E-state index in [2.05, 4.69) is 38.9 Å². The van der Waals surface area contributed by atoms with Gasteiger partial charge in [0.1, 0.15) is 0 Å². The molecule has 0 bridgehead atoms. The summed E-state index contributed by atoms with van der Waals surface area (Å²) in [4.78, 5) is 8.50. The van der Waals surface area contributed by atoms with E-state index in [4.69, 9.17) is 4.74 Å². The van der Waals surface area contributed by atoms with E-state index in [1.54, 1.807) is 4.88 Å². The Morgan fingerprint density at radius 2 is 2.25 bits per heavy atom. The highest BCUT2D eigenvalue weighted by Crippen LogP contribution is 2.24. The number of guanidine groups is 1. The van der Waals surface area contributed by atoms with Gasteiger partial charge in [0, 0.05) is 57.4 Å². The highest BCUT2D eigenvalue weighted by molar-refractivity contribution is 7.10. The first kappa shape index (κ1) is 17.7. The van der Waals surface area contributed by atoms with Gasteiger partial charge in [0.05, 0.1) is 0 Å². The quantitative estimate of drug-likeness (QED) is 0.631. The van der Waals surface area contributed by atoms with E-state index in [1.807, 2.05) is 18.4 Å². The third-order valence-corrected chi connectivity index (χ3v) is 6.17. The molecule has 0 amide bonds. The van der Waals surface area contributed by atoms with Crippen LogP contribution in [0.25, 0.3) is 0 Å². The molecule has 134 valence electrons. The predicted molar refractivity (Wildman–Crippen MR) is 101 cm³/mol. The summed E-state index contributed by atoms with van der Waals surface area (Å²) in [6.07, 6.45) is 3.49. The Balaban J connectivity index is 1.40. The van der Waals surface area contributed by atoms with Crippen LogP contribution in [0.2, 0.25) is 0 Å². The number of rotatable bonds is 5. The van der Waals surface area contributed by atoms with Crippen molar-refractivity contribution in [3.05, 3.63) is 21.9 Å². The molecule has 0 aromatic carbocycles. The van der Waals surface area contributed by atoms with Gasteiger partial charge in [-0.2, -0.15) is 0 Å². The van der Waals surface area contributed by atoms with Crippen LogP contribution in [0.15, 0.2) is 16.4 Å². The van der Waals surface area contributed by atoms with Gasteiger partial charge >= 0.3 is 0 Å². The molecule has 0 radical (unpaired) electrons. The number of nitrogens with zero attached hydrogens (tertiary/aromatic N) is 2. The lowest BCUT2D eigenvalue weighted by Crippen LogP contribution is -2.48. The van der Waals surface area contributed by atoms with Gasteiger partial charge in [0.15, 0.2) is 5.96 Å². The number of hydrogen-bond acceptors (Lipinski definition) is 4. The monoisotopic (exact) mass is 350 g/mol. The fraction of sp³-hybridized carbons (Fsp3) is 0.722. The zero-order chi connectivity index (χ0) is 16.8. The van der Waals surface area contributed by atoms with Crippen molar-refractivity contribution >= 4 is 17.3 Å². The Morgan fingerprint density at radius 1 is 1.42 bits per heavy atom. The second kappa shape index (κ2) is 8.83. The van der Waals surface area contributed by atoms with E-state index in [-0.39, 0.29) is 0 Å². The molecule has 2 N–H and O–H groups in total. The van der Waals surface area contributed by atoms with Crippen LogP contribution in [0.4, 0.5) is 0 Å². The van der Waals surface area contributed by atoms with Crippen LogP contribution in [-0.4, -0.2) is 56.8 Å². The fourth-order valence-corrected chi connectivity index (χ4v) is 4.32. The lowest BCUT2D eigenvalue weighted by atomic mass is 10.0. The van der Waals surface area contributed by atoms with Crippen molar-refractivity contribution in [3.63, 3.8) is 0 Å². The third kappa shape index (κ3) is 4.71. The zero-order valence-corrected chi connectivity index (χ0v) is 15.7. The number of hydrogen-bond donors (Lipinski definition) is 2. The molecule has 1 aromatic rings. The summed E-state index contributed by atoms with van der Waals surface area (Å²) in [6, 6.07) is 2.78. The molecule has 6 heteroatoms. The molecule has 1 aromatic heterocycles. The van der Waals surface area contributed by atoms with Crippen LogP contribution in [0, 0.1) is 5.92 Å². The van der Waals surface area contributed by atoms with Crippen molar-refractivity contribution in [1.82, 2.24) is 15.5 Å². The Hall–Kier alpha value is -1.11. The summed E-state index contributed by atoms with van der Waals surface area (Å²) >= 11 is 1.90. The molecule has 2 aliphatic rings. The molecule has 0 saturated carbocycles. The summed E-state index contributed by atoms with van der Waals surface area (Å²) in [5, 5.41) is 9.19.